The van der Waals surface area contributed by atoms with E-state index in [9.17, 15) is 18.0 Å². The number of amides is 1. The van der Waals surface area contributed by atoms with Gasteiger partial charge in [0.1, 0.15) is 22.6 Å². The molecule has 5 rings (SSSR count). The van der Waals surface area contributed by atoms with Crippen molar-refractivity contribution in [2.75, 3.05) is 37.6 Å². The van der Waals surface area contributed by atoms with Gasteiger partial charge in [0.05, 0.1) is 11.8 Å². The normalized spacial score (nSPS) is 26.9. The first-order chi connectivity index (χ1) is 17.9. The minimum absolute atomic E-state index is 0.188. The Hall–Kier alpha value is -2.14. The summed E-state index contributed by atoms with van der Waals surface area (Å²) in [4.78, 5) is 26.6. The Morgan fingerprint density at radius 2 is 1.87 bits per heavy atom. The third-order valence-electron chi connectivity index (χ3n) is 8.07. The van der Waals surface area contributed by atoms with E-state index in [2.05, 4.69) is 25.1 Å². The maximum absolute atomic E-state index is 12.9. The molecule has 0 aromatic carbocycles. The van der Waals surface area contributed by atoms with Gasteiger partial charge in [-0.1, -0.05) is 0 Å². The first kappa shape index (κ1) is 27.4. The van der Waals surface area contributed by atoms with E-state index < -0.39 is 18.2 Å². The van der Waals surface area contributed by atoms with Gasteiger partial charge in [0.15, 0.2) is 0 Å². The molecule has 0 bridgehead atoms. The SMILES string of the molecule is CC(C)(C)OC(=O)NC1CCC(CN2CCC3(CCN(c4ncnc5sc(CC(F)(F)F)cc45)C3)C2)CC1. The summed E-state index contributed by atoms with van der Waals surface area (Å²) in [5, 5.41) is 3.77. The fourth-order valence-electron chi connectivity index (χ4n) is 6.39. The Morgan fingerprint density at radius 1 is 1.13 bits per heavy atom. The van der Waals surface area contributed by atoms with Crippen molar-refractivity contribution < 1.29 is 22.7 Å². The third kappa shape index (κ3) is 6.70. The summed E-state index contributed by atoms with van der Waals surface area (Å²) < 4.78 is 44.2. The van der Waals surface area contributed by atoms with Crippen LogP contribution in [0.15, 0.2) is 12.4 Å². The minimum Gasteiger partial charge on any atom is -0.444 e. The second-order valence-corrected chi connectivity index (χ2v) is 13.6. The van der Waals surface area contributed by atoms with Gasteiger partial charge < -0.3 is 19.9 Å². The van der Waals surface area contributed by atoms with Crippen LogP contribution >= 0.6 is 11.3 Å². The smallest absolute Gasteiger partial charge is 0.407 e. The lowest BCUT2D eigenvalue weighted by Gasteiger charge is -2.32. The highest BCUT2D eigenvalue weighted by molar-refractivity contribution is 7.18. The number of halogens is 3. The Morgan fingerprint density at radius 3 is 2.58 bits per heavy atom. The first-order valence-corrected chi connectivity index (χ1v) is 14.5. The Bertz CT molecular complexity index is 1140. The molecule has 210 valence electrons. The van der Waals surface area contributed by atoms with Crippen LogP contribution in [-0.2, 0) is 11.2 Å². The molecule has 11 heteroatoms. The summed E-state index contributed by atoms with van der Waals surface area (Å²) in [6, 6.07) is 1.82. The zero-order valence-electron chi connectivity index (χ0n) is 22.4. The summed E-state index contributed by atoms with van der Waals surface area (Å²) in [7, 11) is 0. The molecule has 38 heavy (non-hydrogen) atoms. The molecule has 2 aromatic heterocycles. The molecule has 1 spiro atoms. The van der Waals surface area contributed by atoms with E-state index in [-0.39, 0.29) is 22.4 Å². The van der Waals surface area contributed by atoms with Crippen LogP contribution in [0.25, 0.3) is 10.2 Å². The van der Waals surface area contributed by atoms with E-state index in [1.54, 1.807) is 6.07 Å². The summed E-state index contributed by atoms with van der Waals surface area (Å²) in [6.45, 7) is 10.6. The van der Waals surface area contributed by atoms with Crippen molar-refractivity contribution in [2.45, 2.75) is 83.5 Å². The van der Waals surface area contributed by atoms with Gasteiger partial charge >= 0.3 is 12.3 Å². The van der Waals surface area contributed by atoms with Gasteiger partial charge in [-0.05, 0) is 77.8 Å². The fourth-order valence-corrected chi connectivity index (χ4v) is 7.41. The van der Waals surface area contributed by atoms with Gasteiger partial charge in [-0.2, -0.15) is 13.2 Å². The number of alkyl carbamates (subject to hydrolysis) is 1. The molecule has 2 aliphatic heterocycles. The second kappa shape index (κ2) is 10.4. The molecule has 3 fully saturated rings. The van der Waals surface area contributed by atoms with Crippen molar-refractivity contribution in [2.24, 2.45) is 11.3 Å². The van der Waals surface area contributed by atoms with Crippen molar-refractivity contribution in [3.63, 3.8) is 0 Å². The molecular formula is C27H38F3N5O2S. The van der Waals surface area contributed by atoms with Gasteiger partial charge in [-0.25, -0.2) is 14.8 Å². The highest BCUT2D eigenvalue weighted by Crippen LogP contribution is 2.43. The lowest BCUT2D eigenvalue weighted by Crippen LogP contribution is -2.42. The van der Waals surface area contributed by atoms with E-state index in [4.69, 9.17) is 4.74 Å². The van der Waals surface area contributed by atoms with Gasteiger partial charge in [0.2, 0.25) is 0 Å². The monoisotopic (exact) mass is 553 g/mol. The van der Waals surface area contributed by atoms with E-state index in [1.807, 2.05) is 20.8 Å². The summed E-state index contributed by atoms with van der Waals surface area (Å²) in [5.41, 5.74) is -0.278. The summed E-state index contributed by atoms with van der Waals surface area (Å²) in [5.74, 6) is 1.41. The maximum Gasteiger partial charge on any atom is 0.407 e. The number of anilines is 1. The second-order valence-electron chi connectivity index (χ2n) is 12.4. The summed E-state index contributed by atoms with van der Waals surface area (Å²) >= 11 is 1.11. The number of fused-ring (bicyclic) bond motifs is 1. The average molecular weight is 554 g/mol. The van der Waals surface area contributed by atoms with Crippen LogP contribution in [0.1, 0.15) is 64.2 Å². The number of thiophene rings is 1. The highest BCUT2D eigenvalue weighted by Gasteiger charge is 2.44. The average Bonchev–Trinajstić information content (AvgIpc) is 3.51. The minimum atomic E-state index is -4.23. The Balaban J connectivity index is 1.13. The quantitative estimate of drug-likeness (QED) is 0.506. The van der Waals surface area contributed by atoms with Gasteiger partial charge in [-0.15, -0.1) is 11.3 Å². The van der Waals surface area contributed by atoms with Gasteiger partial charge in [0.25, 0.3) is 0 Å². The topological polar surface area (TPSA) is 70.6 Å². The van der Waals surface area contributed by atoms with Crippen LogP contribution in [0.2, 0.25) is 0 Å². The molecule has 1 aliphatic carbocycles. The maximum atomic E-state index is 12.9. The number of hydrogen-bond donors (Lipinski definition) is 1. The number of carbonyl (C=O) groups is 1. The van der Waals surface area contributed by atoms with Crippen LogP contribution < -0.4 is 10.2 Å². The number of ether oxygens (including phenoxy) is 1. The fraction of sp³-hybridized carbons (Fsp3) is 0.741. The summed E-state index contributed by atoms with van der Waals surface area (Å²) in [6.07, 6.45) is 2.38. The molecule has 1 atom stereocenters. The molecule has 2 aromatic rings. The molecule has 3 aliphatic rings. The lowest BCUT2D eigenvalue weighted by atomic mass is 9.85. The standard InChI is InChI=1S/C27H38F3N5O2S/c1-25(2,3)37-24(36)33-19-6-4-18(5-7-19)14-34-10-8-26(15-34)9-11-35(16-26)22-21-12-20(13-27(28,29)30)38-23(21)32-17-31-22/h12,17-19H,4-11,13-16H2,1-3H3,(H,33,36). The number of rotatable bonds is 5. The predicted molar refractivity (Wildman–Crippen MR) is 143 cm³/mol. The Labute approximate surface area is 226 Å². The molecule has 7 nitrogen and oxygen atoms in total. The van der Waals surface area contributed by atoms with E-state index in [0.717, 1.165) is 93.8 Å². The number of hydrogen-bond acceptors (Lipinski definition) is 7. The van der Waals surface area contributed by atoms with Crippen molar-refractivity contribution in [3.05, 3.63) is 17.3 Å². The molecule has 0 radical (unpaired) electrons. The number of alkyl halides is 3. The van der Waals surface area contributed by atoms with Crippen LogP contribution in [0, 0.1) is 11.3 Å². The van der Waals surface area contributed by atoms with Crippen molar-refractivity contribution in [3.8, 4) is 0 Å². The molecule has 1 unspecified atom stereocenters. The number of likely N-dealkylation sites (tertiary alicyclic amines) is 1. The van der Waals surface area contributed by atoms with Crippen LogP contribution in [-0.4, -0.2) is 71.5 Å². The number of carbonyl (C=O) groups excluding carboxylic acids is 1. The van der Waals surface area contributed by atoms with E-state index in [1.165, 1.54) is 6.33 Å². The van der Waals surface area contributed by atoms with Crippen LogP contribution in [0.5, 0.6) is 0 Å². The van der Waals surface area contributed by atoms with Crippen LogP contribution in [0.4, 0.5) is 23.8 Å². The number of nitrogens with one attached hydrogen (secondary N) is 1. The van der Waals surface area contributed by atoms with Gasteiger partial charge in [0, 0.05) is 42.5 Å². The van der Waals surface area contributed by atoms with E-state index >= 15 is 0 Å². The predicted octanol–water partition coefficient (Wildman–Crippen LogP) is 5.78. The number of aromatic nitrogens is 2. The number of nitrogens with zero attached hydrogens (tertiary/aromatic N) is 4. The zero-order chi connectivity index (χ0) is 27.1. The van der Waals surface area contributed by atoms with E-state index in [0.29, 0.717) is 10.7 Å². The molecule has 1 amide bonds. The zero-order valence-corrected chi connectivity index (χ0v) is 23.3. The molecule has 4 heterocycles. The third-order valence-corrected chi connectivity index (χ3v) is 9.12. The molecular weight excluding hydrogens is 515 g/mol. The first-order valence-electron chi connectivity index (χ1n) is 13.6. The van der Waals surface area contributed by atoms with Crippen molar-refractivity contribution in [1.29, 1.82) is 0 Å². The molecule has 1 N–H and O–H groups in total. The Kier molecular flexibility index (Phi) is 7.54. The van der Waals surface area contributed by atoms with Crippen LogP contribution in [0.3, 0.4) is 0 Å². The molecule has 1 saturated carbocycles. The van der Waals surface area contributed by atoms with Crippen molar-refractivity contribution in [1.82, 2.24) is 20.2 Å². The largest absolute Gasteiger partial charge is 0.444 e. The molecule has 2 saturated heterocycles. The highest BCUT2D eigenvalue weighted by atomic mass is 32.1. The van der Waals surface area contributed by atoms with Crippen molar-refractivity contribution >= 4 is 33.5 Å². The lowest BCUT2D eigenvalue weighted by molar-refractivity contribution is -0.126. The van der Waals surface area contributed by atoms with Gasteiger partial charge in [-0.3, -0.25) is 0 Å².